The molecule has 0 aliphatic heterocycles. The van der Waals surface area contributed by atoms with Gasteiger partial charge >= 0.3 is 0 Å². The zero-order valence-corrected chi connectivity index (χ0v) is 15.8. The van der Waals surface area contributed by atoms with Gasteiger partial charge in [-0.05, 0) is 36.2 Å². The standard InChI is InChI=1S/C20H19ClN2O2S/c1-13-12-26-20(23-13)11-22-19(25)10-17(14-5-4-6-15(24)9-14)16-7-2-3-8-18(16)21/h2-9,12,17,24H,10-11H2,1H3,(H,22,25)/t17-/m0/s1. The van der Waals surface area contributed by atoms with Gasteiger partial charge in [-0.25, -0.2) is 4.98 Å². The van der Waals surface area contributed by atoms with Crippen molar-refractivity contribution in [1.82, 2.24) is 10.3 Å². The van der Waals surface area contributed by atoms with E-state index in [1.54, 1.807) is 18.2 Å². The normalized spacial score (nSPS) is 11.9. The van der Waals surface area contributed by atoms with Crippen LogP contribution in [-0.2, 0) is 11.3 Å². The Morgan fingerprint density at radius 3 is 2.77 bits per heavy atom. The highest BCUT2D eigenvalue weighted by molar-refractivity contribution is 7.09. The van der Waals surface area contributed by atoms with Gasteiger partial charge in [-0.2, -0.15) is 0 Å². The first-order valence-electron chi connectivity index (χ1n) is 8.24. The molecule has 0 saturated heterocycles. The van der Waals surface area contributed by atoms with Crippen LogP contribution in [0.4, 0.5) is 0 Å². The molecule has 2 N–H and O–H groups in total. The number of hydrogen-bond acceptors (Lipinski definition) is 4. The maximum Gasteiger partial charge on any atom is 0.221 e. The number of phenols is 1. The first-order valence-corrected chi connectivity index (χ1v) is 9.50. The second kappa shape index (κ2) is 8.34. The smallest absolute Gasteiger partial charge is 0.221 e. The van der Waals surface area contributed by atoms with Crippen LogP contribution in [0.5, 0.6) is 5.75 Å². The van der Waals surface area contributed by atoms with Crippen molar-refractivity contribution < 1.29 is 9.90 Å². The zero-order valence-electron chi connectivity index (χ0n) is 14.3. The van der Waals surface area contributed by atoms with Crippen LogP contribution in [0, 0.1) is 6.92 Å². The summed E-state index contributed by atoms with van der Waals surface area (Å²) in [5.74, 6) is -0.168. The number of amides is 1. The van der Waals surface area contributed by atoms with E-state index in [0.717, 1.165) is 21.8 Å². The lowest BCUT2D eigenvalue weighted by molar-refractivity contribution is -0.121. The summed E-state index contributed by atoms with van der Waals surface area (Å²) in [6.45, 7) is 2.34. The van der Waals surface area contributed by atoms with Gasteiger partial charge < -0.3 is 10.4 Å². The molecule has 0 aliphatic carbocycles. The van der Waals surface area contributed by atoms with Crippen molar-refractivity contribution >= 4 is 28.8 Å². The van der Waals surface area contributed by atoms with Crippen molar-refractivity contribution in [3.63, 3.8) is 0 Å². The number of aromatic nitrogens is 1. The largest absolute Gasteiger partial charge is 0.508 e. The highest BCUT2D eigenvalue weighted by atomic mass is 35.5. The fourth-order valence-corrected chi connectivity index (χ4v) is 3.80. The number of thiazole rings is 1. The Labute approximate surface area is 161 Å². The van der Waals surface area contributed by atoms with Crippen LogP contribution in [0.3, 0.4) is 0 Å². The maximum atomic E-state index is 12.5. The quantitative estimate of drug-likeness (QED) is 0.648. The van der Waals surface area contributed by atoms with Crippen LogP contribution >= 0.6 is 22.9 Å². The Balaban J connectivity index is 1.79. The van der Waals surface area contributed by atoms with Gasteiger partial charge in [-0.3, -0.25) is 4.79 Å². The van der Waals surface area contributed by atoms with Crippen LogP contribution in [0.25, 0.3) is 0 Å². The molecule has 1 aromatic heterocycles. The molecule has 0 bridgehead atoms. The molecule has 0 saturated carbocycles. The number of nitrogens with zero attached hydrogens (tertiary/aromatic N) is 1. The molecule has 0 radical (unpaired) electrons. The number of hydrogen-bond donors (Lipinski definition) is 2. The fraction of sp³-hybridized carbons (Fsp3) is 0.200. The van der Waals surface area contributed by atoms with Crippen LogP contribution in [0.1, 0.15) is 34.2 Å². The number of carbonyl (C=O) groups excluding carboxylic acids is 1. The third-order valence-corrected chi connectivity index (χ3v) is 5.36. The molecule has 134 valence electrons. The van der Waals surface area contributed by atoms with Crippen molar-refractivity contribution in [2.45, 2.75) is 25.8 Å². The summed E-state index contributed by atoms with van der Waals surface area (Å²) in [6, 6.07) is 14.4. The number of halogens is 1. The fourth-order valence-electron chi connectivity index (χ4n) is 2.82. The molecule has 1 atom stereocenters. The first kappa shape index (κ1) is 18.4. The van der Waals surface area contributed by atoms with E-state index >= 15 is 0 Å². The molecular formula is C20H19ClN2O2S. The number of aryl methyl sites for hydroxylation is 1. The lowest BCUT2D eigenvalue weighted by Gasteiger charge is -2.19. The van der Waals surface area contributed by atoms with Crippen molar-refractivity contribution in [2.75, 3.05) is 0 Å². The van der Waals surface area contributed by atoms with Gasteiger partial charge in [0.25, 0.3) is 0 Å². The zero-order chi connectivity index (χ0) is 18.5. The number of nitrogens with one attached hydrogen (secondary N) is 1. The molecule has 6 heteroatoms. The van der Waals surface area contributed by atoms with Gasteiger partial charge in [0.05, 0.1) is 6.54 Å². The highest BCUT2D eigenvalue weighted by Crippen LogP contribution is 2.34. The van der Waals surface area contributed by atoms with Crippen molar-refractivity contribution in [1.29, 1.82) is 0 Å². The molecular weight excluding hydrogens is 368 g/mol. The third-order valence-electron chi connectivity index (χ3n) is 4.05. The van der Waals surface area contributed by atoms with E-state index < -0.39 is 0 Å². The van der Waals surface area contributed by atoms with Crippen molar-refractivity contribution in [3.8, 4) is 5.75 Å². The molecule has 0 unspecified atom stereocenters. The maximum absolute atomic E-state index is 12.5. The second-order valence-electron chi connectivity index (χ2n) is 6.03. The Morgan fingerprint density at radius 1 is 1.27 bits per heavy atom. The van der Waals surface area contributed by atoms with E-state index in [0.29, 0.717) is 11.6 Å². The molecule has 1 amide bonds. The lowest BCUT2D eigenvalue weighted by Crippen LogP contribution is -2.25. The van der Waals surface area contributed by atoms with E-state index in [9.17, 15) is 9.90 Å². The molecule has 26 heavy (non-hydrogen) atoms. The molecule has 3 aromatic rings. The Bertz CT molecular complexity index is 910. The molecule has 4 nitrogen and oxygen atoms in total. The summed E-state index contributed by atoms with van der Waals surface area (Å²) in [6.07, 6.45) is 0.234. The predicted octanol–water partition coefficient (Wildman–Crippen LogP) is 4.65. The van der Waals surface area contributed by atoms with Gasteiger partial charge in [-0.15, -0.1) is 11.3 Å². The van der Waals surface area contributed by atoms with E-state index in [-0.39, 0.29) is 24.0 Å². The number of aromatic hydroxyl groups is 1. The number of rotatable bonds is 6. The molecule has 0 fully saturated rings. The topological polar surface area (TPSA) is 62.2 Å². The summed E-state index contributed by atoms with van der Waals surface area (Å²) in [7, 11) is 0. The lowest BCUT2D eigenvalue weighted by atomic mass is 9.88. The van der Waals surface area contributed by atoms with Gasteiger partial charge in [-0.1, -0.05) is 41.9 Å². The van der Waals surface area contributed by atoms with Crippen molar-refractivity contribution in [2.24, 2.45) is 0 Å². The molecule has 0 aliphatic rings. The number of benzene rings is 2. The average molecular weight is 387 g/mol. The van der Waals surface area contributed by atoms with E-state index in [1.165, 1.54) is 11.3 Å². The minimum Gasteiger partial charge on any atom is -0.508 e. The molecule has 1 heterocycles. The van der Waals surface area contributed by atoms with Crippen LogP contribution in [-0.4, -0.2) is 16.0 Å². The van der Waals surface area contributed by atoms with Gasteiger partial charge in [0.15, 0.2) is 0 Å². The van der Waals surface area contributed by atoms with E-state index in [1.807, 2.05) is 42.6 Å². The van der Waals surface area contributed by atoms with Gasteiger partial charge in [0.2, 0.25) is 5.91 Å². The summed E-state index contributed by atoms with van der Waals surface area (Å²) >= 11 is 7.89. The Kier molecular flexibility index (Phi) is 5.91. The SMILES string of the molecule is Cc1csc(CNC(=O)C[C@@H](c2cccc(O)c2)c2ccccc2Cl)n1. The summed E-state index contributed by atoms with van der Waals surface area (Å²) in [5, 5.41) is 16.2. The van der Waals surface area contributed by atoms with Crippen LogP contribution in [0.2, 0.25) is 5.02 Å². The third kappa shape index (κ3) is 4.62. The summed E-state index contributed by atoms with van der Waals surface area (Å²) in [4.78, 5) is 16.9. The number of phenolic OH excluding ortho intramolecular Hbond substituents is 1. The second-order valence-corrected chi connectivity index (χ2v) is 7.38. The Morgan fingerprint density at radius 2 is 2.08 bits per heavy atom. The highest BCUT2D eigenvalue weighted by Gasteiger charge is 2.21. The van der Waals surface area contributed by atoms with Gasteiger partial charge in [0.1, 0.15) is 10.8 Å². The van der Waals surface area contributed by atoms with Crippen LogP contribution < -0.4 is 5.32 Å². The van der Waals surface area contributed by atoms with Crippen LogP contribution in [0.15, 0.2) is 53.9 Å². The monoisotopic (exact) mass is 386 g/mol. The minimum absolute atomic E-state index is 0.0916. The molecule has 2 aromatic carbocycles. The summed E-state index contributed by atoms with van der Waals surface area (Å²) in [5.41, 5.74) is 2.66. The Hall–Kier alpha value is -2.37. The number of carbonyl (C=O) groups is 1. The predicted molar refractivity (Wildman–Crippen MR) is 105 cm³/mol. The van der Waals surface area contributed by atoms with E-state index in [4.69, 9.17) is 11.6 Å². The molecule has 0 spiro atoms. The average Bonchev–Trinajstić information content (AvgIpc) is 3.04. The minimum atomic E-state index is -0.242. The first-order chi connectivity index (χ1) is 12.5. The van der Waals surface area contributed by atoms with Gasteiger partial charge in [0, 0.05) is 28.4 Å². The van der Waals surface area contributed by atoms with E-state index in [2.05, 4.69) is 10.3 Å². The molecule has 3 rings (SSSR count). The van der Waals surface area contributed by atoms with Crippen molar-refractivity contribution in [3.05, 3.63) is 80.8 Å². The summed E-state index contributed by atoms with van der Waals surface area (Å²) < 4.78 is 0.